The van der Waals surface area contributed by atoms with Gasteiger partial charge in [-0.3, -0.25) is 9.59 Å². The Morgan fingerprint density at radius 2 is 1.57 bits per heavy atom. The molecule has 0 bridgehead atoms. The van der Waals surface area contributed by atoms with Crippen LogP contribution in [0, 0.1) is 0 Å². The summed E-state index contributed by atoms with van der Waals surface area (Å²) in [6, 6.07) is 6.64. The Morgan fingerprint density at radius 3 is 2.10 bits per heavy atom. The molecule has 0 aliphatic rings. The first-order chi connectivity index (χ1) is 13.9. The number of carbonyl (C=O) groups excluding carboxylic acids is 2. The second-order valence-corrected chi connectivity index (χ2v) is 7.22. The Labute approximate surface area is 169 Å². The van der Waals surface area contributed by atoms with Crippen LogP contribution in [-0.4, -0.2) is 11.7 Å². The number of alkyl halides is 6. The summed E-state index contributed by atoms with van der Waals surface area (Å²) in [5, 5.41) is 2.26. The number of hydrogen-bond donors (Lipinski definition) is 1. The Bertz CT molecular complexity index is 1030. The first-order valence-electron chi connectivity index (χ1n) is 8.20. The van der Waals surface area contributed by atoms with Crippen molar-refractivity contribution in [1.29, 1.82) is 0 Å². The van der Waals surface area contributed by atoms with Crippen molar-refractivity contribution in [3.05, 3.63) is 80.9 Å². The van der Waals surface area contributed by atoms with Crippen LogP contribution in [0.15, 0.2) is 53.1 Å². The van der Waals surface area contributed by atoms with Crippen molar-refractivity contribution < 1.29 is 40.3 Å². The summed E-state index contributed by atoms with van der Waals surface area (Å²) in [7, 11) is 0. The van der Waals surface area contributed by atoms with E-state index in [1.165, 1.54) is 30.5 Å². The van der Waals surface area contributed by atoms with Crippen LogP contribution in [0.5, 0.6) is 0 Å². The molecule has 1 amide bonds. The lowest BCUT2D eigenvalue weighted by molar-refractivity contribution is -0.143. The predicted octanol–water partition coefficient (Wildman–Crippen LogP) is 5.54. The van der Waals surface area contributed by atoms with Crippen molar-refractivity contribution in [2.75, 3.05) is 0 Å². The van der Waals surface area contributed by atoms with Crippen LogP contribution in [0.25, 0.3) is 0 Å². The van der Waals surface area contributed by atoms with Gasteiger partial charge in [0, 0.05) is 10.4 Å². The van der Waals surface area contributed by atoms with Gasteiger partial charge in [0.1, 0.15) is 0 Å². The summed E-state index contributed by atoms with van der Waals surface area (Å²) in [5.41, 5.74) is -3.93. The van der Waals surface area contributed by atoms with Crippen LogP contribution in [0.2, 0.25) is 0 Å². The first kappa shape index (κ1) is 21.6. The fraction of sp³-hybridized carbons (Fsp3) is 0.158. The molecule has 4 nitrogen and oxygen atoms in total. The van der Waals surface area contributed by atoms with E-state index in [2.05, 4.69) is 5.32 Å². The van der Waals surface area contributed by atoms with E-state index in [1.807, 2.05) is 0 Å². The molecule has 0 saturated carbocycles. The number of nitrogens with one attached hydrogen (secondary N) is 1. The molecule has 0 saturated heterocycles. The quantitative estimate of drug-likeness (QED) is 0.413. The van der Waals surface area contributed by atoms with E-state index in [0.29, 0.717) is 21.9 Å². The average molecular weight is 447 g/mol. The monoisotopic (exact) mass is 447 g/mol. The molecular weight excluding hydrogens is 436 g/mol. The number of carbonyl (C=O) groups is 2. The van der Waals surface area contributed by atoms with Gasteiger partial charge >= 0.3 is 12.4 Å². The Morgan fingerprint density at radius 1 is 0.933 bits per heavy atom. The van der Waals surface area contributed by atoms with Crippen molar-refractivity contribution in [2.24, 2.45) is 0 Å². The number of halogens is 6. The van der Waals surface area contributed by atoms with Crippen molar-refractivity contribution in [3.63, 3.8) is 0 Å². The molecule has 0 fully saturated rings. The summed E-state index contributed by atoms with van der Waals surface area (Å²) in [4.78, 5) is 25.1. The fourth-order valence-corrected chi connectivity index (χ4v) is 3.37. The highest BCUT2D eigenvalue weighted by Crippen LogP contribution is 2.36. The third-order valence-corrected chi connectivity index (χ3v) is 4.99. The second-order valence-electron chi connectivity index (χ2n) is 6.05. The molecule has 30 heavy (non-hydrogen) atoms. The summed E-state index contributed by atoms with van der Waals surface area (Å²) in [5.74, 6) is -1.40. The Kier molecular flexibility index (Phi) is 5.75. The zero-order chi connectivity index (χ0) is 22.1. The molecule has 0 aliphatic carbocycles. The summed E-state index contributed by atoms with van der Waals surface area (Å²) >= 11 is 1.01. The van der Waals surface area contributed by atoms with Gasteiger partial charge in [-0.2, -0.15) is 26.3 Å². The smallest absolute Gasteiger partial charge is 0.416 e. The van der Waals surface area contributed by atoms with Gasteiger partial charge < -0.3 is 9.73 Å². The van der Waals surface area contributed by atoms with Crippen LogP contribution < -0.4 is 5.32 Å². The minimum absolute atomic E-state index is 0.0530. The van der Waals surface area contributed by atoms with E-state index < -0.39 is 40.7 Å². The van der Waals surface area contributed by atoms with Gasteiger partial charge in [0.25, 0.3) is 5.91 Å². The average Bonchev–Trinajstić information content (AvgIpc) is 3.36. The van der Waals surface area contributed by atoms with E-state index >= 15 is 0 Å². The van der Waals surface area contributed by atoms with Gasteiger partial charge in [0.05, 0.1) is 28.8 Å². The fourth-order valence-electron chi connectivity index (χ4n) is 2.48. The minimum atomic E-state index is -5.05. The van der Waals surface area contributed by atoms with Crippen molar-refractivity contribution in [1.82, 2.24) is 5.32 Å². The third kappa shape index (κ3) is 4.90. The maximum absolute atomic E-state index is 12.9. The largest absolute Gasteiger partial charge is 0.461 e. The number of ketones is 1. The molecule has 158 valence electrons. The molecule has 11 heteroatoms. The zero-order valence-corrected chi connectivity index (χ0v) is 15.5. The Balaban J connectivity index is 1.76. The highest BCUT2D eigenvalue weighted by atomic mass is 32.1. The normalized spacial score (nSPS) is 12.1. The Hall–Kier alpha value is -3.08. The molecule has 0 aliphatic heterocycles. The maximum atomic E-state index is 12.9. The van der Waals surface area contributed by atoms with Crippen LogP contribution in [0.4, 0.5) is 26.3 Å². The topological polar surface area (TPSA) is 59.3 Å². The van der Waals surface area contributed by atoms with Crippen LogP contribution in [0.1, 0.15) is 41.8 Å². The van der Waals surface area contributed by atoms with Gasteiger partial charge in [0.15, 0.2) is 5.76 Å². The molecule has 1 aromatic carbocycles. The van der Waals surface area contributed by atoms with E-state index in [1.54, 1.807) is 0 Å². The van der Waals surface area contributed by atoms with E-state index in [4.69, 9.17) is 4.42 Å². The van der Waals surface area contributed by atoms with E-state index in [0.717, 1.165) is 11.3 Å². The number of benzene rings is 1. The van der Waals surface area contributed by atoms with Crippen molar-refractivity contribution >= 4 is 23.0 Å². The molecule has 1 N–H and O–H groups in total. The van der Waals surface area contributed by atoms with Gasteiger partial charge in [0.2, 0.25) is 5.78 Å². The first-order valence-corrected chi connectivity index (χ1v) is 9.01. The van der Waals surface area contributed by atoms with Crippen molar-refractivity contribution in [3.8, 4) is 0 Å². The van der Waals surface area contributed by atoms with Gasteiger partial charge in [-0.25, -0.2) is 0 Å². The summed E-state index contributed by atoms with van der Waals surface area (Å²) in [6.45, 7) is -0.188. The number of furan rings is 1. The number of amides is 1. The predicted molar refractivity (Wildman–Crippen MR) is 94.1 cm³/mol. The maximum Gasteiger partial charge on any atom is 0.416 e. The molecule has 0 atom stereocenters. The van der Waals surface area contributed by atoms with Crippen molar-refractivity contribution in [2.45, 2.75) is 18.9 Å². The van der Waals surface area contributed by atoms with E-state index in [9.17, 15) is 35.9 Å². The molecule has 3 aromatic rings. The summed E-state index contributed by atoms with van der Waals surface area (Å²) in [6.07, 6.45) is -8.78. The third-order valence-electron chi connectivity index (χ3n) is 3.90. The highest BCUT2D eigenvalue weighted by molar-refractivity contribution is 7.14. The number of thiophene rings is 1. The summed E-state index contributed by atoms with van der Waals surface area (Å²) < 4.78 is 82.4. The minimum Gasteiger partial charge on any atom is -0.461 e. The second kappa shape index (κ2) is 7.98. The molecule has 3 rings (SSSR count). The zero-order valence-electron chi connectivity index (χ0n) is 14.7. The van der Waals surface area contributed by atoms with Gasteiger partial charge in [-0.1, -0.05) is 0 Å². The lowest BCUT2D eigenvalue weighted by Crippen LogP contribution is -2.24. The van der Waals surface area contributed by atoms with Crippen LogP contribution in [-0.2, 0) is 18.9 Å². The van der Waals surface area contributed by atoms with Crippen LogP contribution >= 0.6 is 11.3 Å². The lowest BCUT2D eigenvalue weighted by Gasteiger charge is -2.14. The standard InChI is InChI=1S/C19H11F6NO3S/c20-18(21,22)11-6-10(7-12(8-11)19(23,24)25)17(28)26-9-13-3-4-15(30-13)16(27)14-2-1-5-29-14/h1-8H,9H2,(H,26,28). The van der Waals surface area contributed by atoms with Crippen LogP contribution in [0.3, 0.4) is 0 Å². The number of hydrogen-bond acceptors (Lipinski definition) is 4. The lowest BCUT2D eigenvalue weighted by atomic mass is 10.0. The van der Waals surface area contributed by atoms with Gasteiger partial charge in [-0.05, 0) is 42.5 Å². The molecule has 0 spiro atoms. The van der Waals surface area contributed by atoms with Gasteiger partial charge in [-0.15, -0.1) is 11.3 Å². The van der Waals surface area contributed by atoms with E-state index in [-0.39, 0.29) is 18.4 Å². The SMILES string of the molecule is O=C(NCc1ccc(C(=O)c2ccco2)s1)c1cc(C(F)(F)F)cc(C(F)(F)F)c1. The molecular formula is C19H11F6NO3S. The highest BCUT2D eigenvalue weighted by Gasteiger charge is 2.37. The molecule has 0 radical (unpaired) electrons. The number of rotatable bonds is 5. The molecule has 0 unspecified atom stereocenters. The molecule has 2 heterocycles. The molecule has 2 aromatic heterocycles.